The van der Waals surface area contributed by atoms with Gasteiger partial charge in [0.25, 0.3) is 0 Å². The molecule has 0 bridgehead atoms. The number of aryl methyl sites for hydroxylation is 1. The molecule has 6 heteroatoms. The second kappa shape index (κ2) is 5.74. The van der Waals surface area contributed by atoms with E-state index < -0.39 is 0 Å². The molecule has 100 valence electrons. The molecule has 0 fully saturated rings. The van der Waals surface area contributed by atoms with Gasteiger partial charge in [0.1, 0.15) is 10.8 Å². The lowest BCUT2D eigenvalue weighted by Crippen LogP contribution is -2.07. The molecule has 4 nitrogen and oxygen atoms in total. The summed E-state index contributed by atoms with van der Waals surface area (Å²) < 4.78 is 5.68. The second-order valence-corrected chi connectivity index (χ2v) is 4.84. The van der Waals surface area contributed by atoms with Gasteiger partial charge in [-0.05, 0) is 31.5 Å². The highest BCUT2D eigenvalue weighted by Gasteiger charge is 2.14. The predicted molar refractivity (Wildman–Crippen MR) is 75.9 cm³/mol. The third kappa shape index (κ3) is 2.81. The Morgan fingerprint density at radius 2 is 1.95 bits per heavy atom. The maximum absolute atomic E-state index is 6.07. The summed E-state index contributed by atoms with van der Waals surface area (Å²) in [5, 5.41) is 8.81. The standard InChI is InChI=1S/C13H13Cl2N3O/c1-7-8(2)17-18-13(9(7)6-16)19-11-5-3-4-10(14)12(11)15/h3-5H,6,16H2,1-2H3. The maximum atomic E-state index is 6.07. The van der Waals surface area contributed by atoms with Gasteiger partial charge in [-0.2, -0.15) is 5.10 Å². The molecule has 0 radical (unpaired) electrons. The highest BCUT2D eigenvalue weighted by Crippen LogP contribution is 2.35. The van der Waals surface area contributed by atoms with E-state index in [1.54, 1.807) is 18.2 Å². The molecule has 19 heavy (non-hydrogen) atoms. The summed E-state index contributed by atoms with van der Waals surface area (Å²) in [6.45, 7) is 4.12. The third-order valence-electron chi connectivity index (χ3n) is 2.87. The first-order valence-corrected chi connectivity index (χ1v) is 6.45. The van der Waals surface area contributed by atoms with Crippen molar-refractivity contribution < 1.29 is 4.74 Å². The number of halogens is 2. The fourth-order valence-electron chi connectivity index (χ4n) is 1.62. The number of rotatable bonds is 3. The van der Waals surface area contributed by atoms with Gasteiger partial charge in [-0.15, -0.1) is 5.10 Å². The van der Waals surface area contributed by atoms with Crippen LogP contribution in [0.15, 0.2) is 18.2 Å². The van der Waals surface area contributed by atoms with Crippen LogP contribution in [0.2, 0.25) is 10.0 Å². The molecule has 2 rings (SSSR count). The van der Waals surface area contributed by atoms with Crippen molar-refractivity contribution in [3.8, 4) is 11.6 Å². The van der Waals surface area contributed by atoms with Crippen LogP contribution in [-0.4, -0.2) is 10.2 Å². The SMILES string of the molecule is Cc1nnc(Oc2cccc(Cl)c2Cl)c(CN)c1C. The minimum Gasteiger partial charge on any atom is -0.436 e. The van der Waals surface area contributed by atoms with Crippen LogP contribution in [0.25, 0.3) is 0 Å². The molecule has 0 spiro atoms. The Morgan fingerprint density at radius 3 is 2.63 bits per heavy atom. The van der Waals surface area contributed by atoms with Crippen LogP contribution in [0.3, 0.4) is 0 Å². The van der Waals surface area contributed by atoms with Crippen molar-refractivity contribution in [1.82, 2.24) is 10.2 Å². The fourth-order valence-corrected chi connectivity index (χ4v) is 1.95. The third-order valence-corrected chi connectivity index (χ3v) is 3.67. The van der Waals surface area contributed by atoms with E-state index in [4.69, 9.17) is 33.7 Å². The molecule has 1 heterocycles. The molecular weight excluding hydrogens is 285 g/mol. The molecule has 1 aromatic carbocycles. The second-order valence-electron chi connectivity index (χ2n) is 4.05. The van der Waals surface area contributed by atoms with Gasteiger partial charge in [-0.25, -0.2) is 0 Å². The van der Waals surface area contributed by atoms with Gasteiger partial charge >= 0.3 is 0 Å². The van der Waals surface area contributed by atoms with Gasteiger partial charge in [0.2, 0.25) is 5.88 Å². The number of nitrogens with zero attached hydrogens (tertiary/aromatic N) is 2. The summed E-state index contributed by atoms with van der Waals surface area (Å²) >= 11 is 12.0. The van der Waals surface area contributed by atoms with Gasteiger partial charge in [0.15, 0.2) is 0 Å². The van der Waals surface area contributed by atoms with Crippen LogP contribution in [0, 0.1) is 13.8 Å². The molecule has 0 aliphatic rings. The number of hydrogen-bond donors (Lipinski definition) is 1. The Bertz CT molecular complexity index is 617. The Labute approximate surface area is 121 Å². The zero-order chi connectivity index (χ0) is 14.0. The summed E-state index contributed by atoms with van der Waals surface area (Å²) in [7, 11) is 0. The molecule has 2 aromatic rings. The average Bonchev–Trinajstić information content (AvgIpc) is 2.39. The van der Waals surface area contributed by atoms with E-state index in [1.807, 2.05) is 13.8 Å². The van der Waals surface area contributed by atoms with Gasteiger partial charge < -0.3 is 10.5 Å². The lowest BCUT2D eigenvalue weighted by atomic mass is 10.1. The van der Waals surface area contributed by atoms with Gasteiger partial charge in [0.05, 0.1) is 10.7 Å². The van der Waals surface area contributed by atoms with E-state index in [0.29, 0.717) is 28.2 Å². The van der Waals surface area contributed by atoms with Crippen molar-refractivity contribution in [3.05, 3.63) is 45.1 Å². The molecule has 0 saturated heterocycles. The minimum absolute atomic E-state index is 0.315. The summed E-state index contributed by atoms with van der Waals surface area (Å²) in [5.41, 5.74) is 8.33. The van der Waals surface area contributed by atoms with Crippen molar-refractivity contribution in [2.75, 3.05) is 0 Å². The van der Waals surface area contributed by atoms with E-state index in [-0.39, 0.29) is 0 Å². The van der Waals surface area contributed by atoms with Crippen LogP contribution in [0.5, 0.6) is 11.6 Å². The Kier molecular flexibility index (Phi) is 4.24. The predicted octanol–water partition coefficient (Wildman–Crippen LogP) is 3.65. The highest BCUT2D eigenvalue weighted by molar-refractivity contribution is 6.42. The summed E-state index contributed by atoms with van der Waals surface area (Å²) in [6.07, 6.45) is 0. The molecule has 1 aromatic heterocycles. The van der Waals surface area contributed by atoms with Crippen molar-refractivity contribution in [1.29, 1.82) is 0 Å². The first kappa shape index (κ1) is 14.1. The number of nitrogens with two attached hydrogens (primary N) is 1. The molecule has 0 atom stereocenters. The Balaban J connectivity index is 2.44. The lowest BCUT2D eigenvalue weighted by Gasteiger charge is -2.13. The number of benzene rings is 1. The molecule has 2 N–H and O–H groups in total. The van der Waals surface area contributed by atoms with E-state index in [1.165, 1.54) is 0 Å². The number of hydrogen-bond acceptors (Lipinski definition) is 4. The van der Waals surface area contributed by atoms with Crippen LogP contribution in [0.4, 0.5) is 0 Å². The van der Waals surface area contributed by atoms with Crippen molar-refractivity contribution in [2.45, 2.75) is 20.4 Å². The van der Waals surface area contributed by atoms with E-state index >= 15 is 0 Å². The van der Waals surface area contributed by atoms with Crippen molar-refractivity contribution in [2.24, 2.45) is 5.73 Å². The topological polar surface area (TPSA) is 61.0 Å². The smallest absolute Gasteiger partial charge is 0.243 e. The van der Waals surface area contributed by atoms with E-state index in [0.717, 1.165) is 16.8 Å². The van der Waals surface area contributed by atoms with Gasteiger partial charge in [-0.3, -0.25) is 0 Å². The fraction of sp³-hybridized carbons (Fsp3) is 0.231. The first-order chi connectivity index (χ1) is 9.04. The minimum atomic E-state index is 0.315. The summed E-state index contributed by atoms with van der Waals surface area (Å²) in [6, 6.07) is 5.15. The van der Waals surface area contributed by atoms with E-state index in [9.17, 15) is 0 Å². The Hall–Kier alpha value is -1.36. The van der Waals surface area contributed by atoms with Crippen LogP contribution in [-0.2, 0) is 6.54 Å². The highest BCUT2D eigenvalue weighted by atomic mass is 35.5. The molecule has 0 aliphatic carbocycles. The normalized spacial score (nSPS) is 10.6. The quantitative estimate of drug-likeness (QED) is 0.939. The monoisotopic (exact) mass is 297 g/mol. The van der Waals surface area contributed by atoms with Crippen molar-refractivity contribution in [3.63, 3.8) is 0 Å². The van der Waals surface area contributed by atoms with E-state index in [2.05, 4.69) is 10.2 Å². The van der Waals surface area contributed by atoms with Crippen LogP contribution >= 0.6 is 23.2 Å². The molecule has 0 aliphatic heterocycles. The van der Waals surface area contributed by atoms with Crippen LogP contribution < -0.4 is 10.5 Å². The largest absolute Gasteiger partial charge is 0.436 e. The zero-order valence-electron chi connectivity index (χ0n) is 10.6. The number of aromatic nitrogens is 2. The molecule has 0 unspecified atom stereocenters. The molecule has 0 saturated carbocycles. The van der Waals surface area contributed by atoms with Crippen molar-refractivity contribution >= 4 is 23.2 Å². The zero-order valence-corrected chi connectivity index (χ0v) is 12.1. The van der Waals surface area contributed by atoms with Gasteiger partial charge in [-0.1, -0.05) is 29.3 Å². The average molecular weight is 298 g/mol. The number of ether oxygens (including phenoxy) is 1. The summed E-state index contributed by atoms with van der Waals surface area (Å²) in [4.78, 5) is 0. The van der Waals surface area contributed by atoms with Gasteiger partial charge in [0, 0.05) is 12.1 Å². The first-order valence-electron chi connectivity index (χ1n) is 5.69. The molecule has 0 amide bonds. The summed E-state index contributed by atoms with van der Waals surface area (Å²) in [5.74, 6) is 0.788. The Morgan fingerprint density at radius 1 is 1.21 bits per heavy atom. The lowest BCUT2D eigenvalue weighted by molar-refractivity contribution is 0.446. The molecular formula is C13H13Cl2N3O. The van der Waals surface area contributed by atoms with Crippen LogP contribution in [0.1, 0.15) is 16.8 Å². The maximum Gasteiger partial charge on any atom is 0.243 e.